The van der Waals surface area contributed by atoms with Crippen LogP contribution in [0.3, 0.4) is 0 Å². The minimum Gasteiger partial charge on any atom is -0.378 e. The van der Waals surface area contributed by atoms with Crippen LogP contribution >= 0.6 is 0 Å². The van der Waals surface area contributed by atoms with Gasteiger partial charge in [-0.25, -0.2) is 0 Å². The molecule has 0 aromatic heterocycles. The van der Waals surface area contributed by atoms with E-state index in [1.165, 1.54) is 38.6 Å². The van der Waals surface area contributed by atoms with Gasteiger partial charge in [0.1, 0.15) is 0 Å². The van der Waals surface area contributed by atoms with Gasteiger partial charge in [-0.05, 0) is 39.2 Å². The minimum atomic E-state index is 0.280. The highest BCUT2D eigenvalue weighted by molar-refractivity contribution is 5.05. The lowest BCUT2D eigenvalue weighted by molar-refractivity contribution is -0.115. The summed E-state index contributed by atoms with van der Waals surface area (Å²) in [6, 6.07) is 0.611. The molecule has 1 saturated carbocycles. The molecule has 2 aliphatic rings. The van der Waals surface area contributed by atoms with Crippen LogP contribution in [0.5, 0.6) is 0 Å². The maximum Gasteiger partial charge on any atom is 0.0655 e. The molecule has 3 unspecified atom stereocenters. The maximum atomic E-state index is 5.81. The summed E-state index contributed by atoms with van der Waals surface area (Å²) in [5.74, 6) is 0. The predicted molar refractivity (Wildman–Crippen MR) is 80.5 cm³/mol. The summed E-state index contributed by atoms with van der Waals surface area (Å²) < 4.78 is 5.81. The second kappa shape index (κ2) is 6.11. The van der Waals surface area contributed by atoms with Crippen LogP contribution in [0.25, 0.3) is 0 Å². The summed E-state index contributed by atoms with van der Waals surface area (Å²) in [4.78, 5) is 0. The van der Waals surface area contributed by atoms with Crippen LogP contribution in [-0.2, 0) is 4.74 Å². The zero-order valence-electron chi connectivity index (χ0n) is 13.2. The van der Waals surface area contributed by atoms with Crippen molar-refractivity contribution in [1.82, 2.24) is 10.6 Å². The monoisotopic (exact) mass is 268 g/mol. The van der Waals surface area contributed by atoms with Crippen molar-refractivity contribution in [1.29, 1.82) is 0 Å². The van der Waals surface area contributed by atoms with Gasteiger partial charge in [0, 0.05) is 30.1 Å². The molecular formula is C16H32N2O. The van der Waals surface area contributed by atoms with E-state index < -0.39 is 0 Å². The molecule has 3 nitrogen and oxygen atoms in total. The van der Waals surface area contributed by atoms with Crippen LogP contribution in [0.4, 0.5) is 0 Å². The first-order valence-electron chi connectivity index (χ1n) is 8.14. The molecule has 0 aromatic carbocycles. The van der Waals surface area contributed by atoms with Crippen molar-refractivity contribution in [3.05, 3.63) is 0 Å². The quantitative estimate of drug-likeness (QED) is 0.745. The van der Waals surface area contributed by atoms with Crippen LogP contribution < -0.4 is 10.6 Å². The van der Waals surface area contributed by atoms with Crippen molar-refractivity contribution in [2.24, 2.45) is 5.41 Å². The highest BCUT2D eigenvalue weighted by Crippen LogP contribution is 2.43. The van der Waals surface area contributed by atoms with E-state index >= 15 is 0 Å². The summed E-state index contributed by atoms with van der Waals surface area (Å²) in [6.07, 6.45) is 6.83. The lowest BCUT2D eigenvalue weighted by atomic mass is 9.64. The minimum absolute atomic E-state index is 0.280. The molecule has 112 valence electrons. The molecule has 1 aliphatic heterocycles. The third kappa shape index (κ3) is 3.14. The Morgan fingerprint density at radius 2 is 2.11 bits per heavy atom. The van der Waals surface area contributed by atoms with E-state index in [2.05, 4.69) is 38.3 Å². The Bertz CT molecular complexity index is 284. The molecule has 2 fully saturated rings. The second-order valence-electron chi connectivity index (χ2n) is 7.00. The van der Waals surface area contributed by atoms with Gasteiger partial charge in [-0.1, -0.05) is 27.2 Å². The molecule has 0 spiro atoms. The standard InChI is InChI=1S/C16H32N2O/c1-5-8-16(9-7-10-18-16)12-17-13-11-14(19-6-2)15(13,3)4/h13-14,17-18H,5-12H2,1-4H3. The number of hydrogen-bond donors (Lipinski definition) is 2. The summed E-state index contributed by atoms with van der Waals surface area (Å²) in [5, 5.41) is 7.57. The van der Waals surface area contributed by atoms with Gasteiger partial charge in [0.15, 0.2) is 0 Å². The van der Waals surface area contributed by atoms with Crippen LogP contribution in [-0.4, -0.2) is 37.4 Å². The van der Waals surface area contributed by atoms with Gasteiger partial charge in [-0.2, -0.15) is 0 Å². The number of nitrogens with one attached hydrogen (secondary N) is 2. The molecule has 1 heterocycles. The van der Waals surface area contributed by atoms with Gasteiger partial charge in [-0.15, -0.1) is 0 Å². The largest absolute Gasteiger partial charge is 0.378 e. The third-order valence-electron chi connectivity index (χ3n) is 5.29. The molecule has 2 rings (SSSR count). The van der Waals surface area contributed by atoms with E-state index in [9.17, 15) is 0 Å². The van der Waals surface area contributed by atoms with Gasteiger partial charge in [0.2, 0.25) is 0 Å². The number of ether oxygens (including phenoxy) is 1. The average Bonchev–Trinajstić information content (AvgIpc) is 2.82. The first kappa shape index (κ1) is 15.3. The topological polar surface area (TPSA) is 33.3 Å². The lowest BCUT2D eigenvalue weighted by Gasteiger charge is -2.52. The smallest absolute Gasteiger partial charge is 0.0655 e. The van der Waals surface area contributed by atoms with Gasteiger partial charge >= 0.3 is 0 Å². The Labute approximate surface area is 118 Å². The molecule has 1 saturated heterocycles. The first-order valence-corrected chi connectivity index (χ1v) is 8.14. The van der Waals surface area contributed by atoms with E-state index in [1.54, 1.807) is 0 Å². The summed E-state index contributed by atoms with van der Waals surface area (Å²) in [6.45, 7) is 12.2. The molecule has 19 heavy (non-hydrogen) atoms. The number of rotatable bonds is 7. The van der Waals surface area contributed by atoms with Crippen molar-refractivity contribution in [2.75, 3.05) is 19.7 Å². The Balaban J connectivity index is 1.82. The van der Waals surface area contributed by atoms with Crippen LogP contribution in [0, 0.1) is 5.41 Å². The Hall–Kier alpha value is -0.120. The molecular weight excluding hydrogens is 236 g/mol. The fourth-order valence-corrected chi connectivity index (χ4v) is 3.83. The first-order chi connectivity index (χ1) is 9.04. The van der Waals surface area contributed by atoms with Gasteiger partial charge < -0.3 is 15.4 Å². The second-order valence-corrected chi connectivity index (χ2v) is 7.00. The van der Waals surface area contributed by atoms with Crippen molar-refractivity contribution in [3.63, 3.8) is 0 Å². The fraction of sp³-hybridized carbons (Fsp3) is 1.00. The van der Waals surface area contributed by atoms with E-state index in [-0.39, 0.29) is 5.41 Å². The van der Waals surface area contributed by atoms with E-state index in [0.29, 0.717) is 17.7 Å². The van der Waals surface area contributed by atoms with E-state index in [1.807, 2.05) is 0 Å². The molecule has 3 atom stereocenters. The van der Waals surface area contributed by atoms with E-state index in [0.717, 1.165) is 13.2 Å². The van der Waals surface area contributed by atoms with Crippen LogP contribution in [0.15, 0.2) is 0 Å². The molecule has 0 amide bonds. The Morgan fingerprint density at radius 1 is 1.32 bits per heavy atom. The maximum absolute atomic E-state index is 5.81. The van der Waals surface area contributed by atoms with Gasteiger partial charge in [0.25, 0.3) is 0 Å². The molecule has 0 bridgehead atoms. The molecule has 0 radical (unpaired) electrons. The summed E-state index contributed by atoms with van der Waals surface area (Å²) in [7, 11) is 0. The highest BCUT2D eigenvalue weighted by atomic mass is 16.5. The van der Waals surface area contributed by atoms with Gasteiger partial charge in [0.05, 0.1) is 6.10 Å². The zero-order valence-corrected chi connectivity index (χ0v) is 13.2. The van der Waals surface area contributed by atoms with Crippen molar-refractivity contribution < 1.29 is 4.74 Å². The Morgan fingerprint density at radius 3 is 2.63 bits per heavy atom. The van der Waals surface area contributed by atoms with Gasteiger partial charge in [-0.3, -0.25) is 0 Å². The zero-order chi connectivity index (χ0) is 13.9. The molecule has 0 aromatic rings. The average molecular weight is 268 g/mol. The highest BCUT2D eigenvalue weighted by Gasteiger charge is 2.49. The SMILES string of the molecule is CCCC1(CNC2CC(OCC)C2(C)C)CCCN1. The van der Waals surface area contributed by atoms with Crippen molar-refractivity contribution >= 4 is 0 Å². The molecule has 1 aliphatic carbocycles. The van der Waals surface area contributed by atoms with Crippen molar-refractivity contribution in [2.45, 2.75) is 77.5 Å². The number of hydrogen-bond acceptors (Lipinski definition) is 3. The summed E-state index contributed by atoms with van der Waals surface area (Å²) in [5.41, 5.74) is 0.642. The van der Waals surface area contributed by atoms with E-state index in [4.69, 9.17) is 4.74 Å². The van der Waals surface area contributed by atoms with Crippen LogP contribution in [0.1, 0.15) is 59.8 Å². The van der Waals surface area contributed by atoms with Crippen LogP contribution in [0.2, 0.25) is 0 Å². The fourth-order valence-electron chi connectivity index (χ4n) is 3.83. The predicted octanol–water partition coefficient (Wildman–Crippen LogP) is 2.70. The molecule has 3 heteroatoms. The lowest BCUT2D eigenvalue weighted by Crippen LogP contribution is -2.63. The third-order valence-corrected chi connectivity index (χ3v) is 5.29. The molecule has 2 N–H and O–H groups in total. The Kier molecular flexibility index (Phi) is 4.91. The normalized spacial score (nSPS) is 37.3. The van der Waals surface area contributed by atoms with Crippen molar-refractivity contribution in [3.8, 4) is 0 Å². The summed E-state index contributed by atoms with van der Waals surface area (Å²) >= 11 is 0.